The molecule has 2 rings (SSSR count). The van der Waals surface area contributed by atoms with Crippen molar-refractivity contribution >= 4 is 5.91 Å². The van der Waals surface area contributed by atoms with Crippen LogP contribution in [-0.2, 0) is 11.3 Å². The lowest BCUT2D eigenvalue weighted by Crippen LogP contribution is -2.51. The highest BCUT2D eigenvalue weighted by Gasteiger charge is 2.19. The molecule has 1 unspecified atom stereocenters. The molecule has 5 nitrogen and oxygen atoms in total. The van der Waals surface area contributed by atoms with Gasteiger partial charge in [0, 0.05) is 51.0 Å². The predicted molar refractivity (Wildman–Crippen MR) is 65.5 cm³/mol. The molecule has 1 aromatic heterocycles. The molecule has 1 aliphatic heterocycles. The molecule has 0 aliphatic carbocycles. The monoisotopic (exact) mass is 236 g/mol. The highest BCUT2D eigenvalue weighted by atomic mass is 16.2. The van der Waals surface area contributed by atoms with Crippen molar-refractivity contribution in [1.82, 2.24) is 19.8 Å². The van der Waals surface area contributed by atoms with Crippen molar-refractivity contribution in [2.45, 2.75) is 32.4 Å². The lowest BCUT2D eigenvalue weighted by molar-refractivity contribution is -0.132. The Bertz CT molecular complexity index is 349. The van der Waals surface area contributed by atoms with E-state index in [1.807, 2.05) is 15.7 Å². The Kier molecular flexibility index (Phi) is 4.14. The first-order chi connectivity index (χ1) is 8.25. The van der Waals surface area contributed by atoms with Gasteiger partial charge in [0.1, 0.15) is 0 Å². The molecule has 5 heteroatoms. The minimum atomic E-state index is 0.276. The molecule has 1 saturated heterocycles. The van der Waals surface area contributed by atoms with Gasteiger partial charge < -0.3 is 14.8 Å². The first-order valence-electron chi connectivity index (χ1n) is 6.22. The molecule has 1 aliphatic rings. The van der Waals surface area contributed by atoms with Crippen molar-refractivity contribution < 1.29 is 4.79 Å². The fraction of sp³-hybridized carbons (Fsp3) is 0.667. The highest BCUT2D eigenvalue weighted by Crippen LogP contribution is 2.04. The van der Waals surface area contributed by atoms with E-state index < -0.39 is 0 Å². The van der Waals surface area contributed by atoms with Gasteiger partial charge in [0.25, 0.3) is 0 Å². The van der Waals surface area contributed by atoms with E-state index in [1.54, 1.807) is 12.5 Å². The molecule has 0 aromatic carbocycles. The number of hydrogen-bond acceptors (Lipinski definition) is 3. The molecule has 0 radical (unpaired) electrons. The van der Waals surface area contributed by atoms with Crippen LogP contribution in [0.5, 0.6) is 0 Å². The van der Waals surface area contributed by atoms with Crippen LogP contribution >= 0.6 is 0 Å². The van der Waals surface area contributed by atoms with E-state index in [0.717, 1.165) is 32.6 Å². The van der Waals surface area contributed by atoms with Crippen molar-refractivity contribution in [3.05, 3.63) is 18.7 Å². The Labute approximate surface area is 102 Å². The van der Waals surface area contributed by atoms with E-state index in [9.17, 15) is 4.79 Å². The number of aryl methyl sites for hydroxylation is 1. The second-order valence-electron chi connectivity index (χ2n) is 4.60. The molecule has 1 atom stereocenters. The minimum absolute atomic E-state index is 0.276. The Balaban J connectivity index is 1.70. The number of carbonyl (C=O) groups is 1. The standard InChI is InChI=1S/C12H20N4O/c1-11-9-16(8-5-14-11)12(17)3-2-6-15-7-4-13-10-15/h4,7,10-11,14H,2-3,5-6,8-9H2,1H3. The molecule has 2 heterocycles. The van der Waals surface area contributed by atoms with E-state index in [1.165, 1.54) is 0 Å². The molecule has 17 heavy (non-hydrogen) atoms. The van der Waals surface area contributed by atoms with Crippen molar-refractivity contribution in [3.63, 3.8) is 0 Å². The summed E-state index contributed by atoms with van der Waals surface area (Å²) in [6.07, 6.45) is 6.99. The zero-order valence-electron chi connectivity index (χ0n) is 10.3. The normalized spacial score (nSPS) is 20.5. The largest absolute Gasteiger partial charge is 0.340 e. The molecular weight excluding hydrogens is 216 g/mol. The van der Waals surface area contributed by atoms with Crippen LogP contribution in [0.2, 0.25) is 0 Å². The topological polar surface area (TPSA) is 50.2 Å². The summed E-state index contributed by atoms with van der Waals surface area (Å²) in [6, 6.07) is 0.418. The van der Waals surface area contributed by atoms with Crippen LogP contribution in [0.3, 0.4) is 0 Å². The number of amides is 1. The third kappa shape index (κ3) is 3.56. The summed E-state index contributed by atoms with van der Waals surface area (Å²) in [7, 11) is 0. The van der Waals surface area contributed by atoms with E-state index >= 15 is 0 Å². The van der Waals surface area contributed by atoms with Crippen LogP contribution in [0.1, 0.15) is 19.8 Å². The van der Waals surface area contributed by atoms with E-state index in [2.05, 4.69) is 17.2 Å². The van der Waals surface area contributed by atoms with Crippen molar-refractivity contribution in [2.24, 2.45) is 0 Å². The van der Waals surface area contributed by atoms with Gasteiger partial charge in [-0.2, -0.15) is 0 Å². The number of rotatable bonds is 4. The van der Waals surface area contributed by atoms with Crippen LogP contribution < -0.4 is 5.32 Å². The zero-order chi connectivity index (χ0) is 12.1. The van der Waals surface area contributed by atoms with Gasteiger partial charge in [0.05, 0.1) is 6.33 Å². The van der Waals surface area contributed by atoms with E-state index in [4.69, 9.17) is 0 Å². The molecule has 0 saturated carbocycles. The molecule has 1 amide bonds. The van der Waals surface area contributed by atoms with Gasteiger partial charge >= 0.3 is 0 Å². The number of piperazine rings is 1. The third-order valence-electron chi connectivity index (χ3n) is 3.09. The SMILES string of the molecule is CC1CN(C(=O)CCCn2ccnc2)CCN1. The first-order valence-corrected chi connectivity index (χ1v) is 6.22. The maximum absolute atomic E-state index is 11.9. The van der Waals surface area contributed by atoms with Crippen LogP contribution in [-0.4, -0.2) is 46.0 Å². The van der Waals surface area contributed by atoms with Gasteiger partial charge in [-0.1, -0.05) is 0 Å². The second-order valence-corrected chi connectivity index (χ2v) is 4.60. The molecule has 1 aromatic rings. The van der Waals surface area contributed by atoms with Gasteiger partial charge in [0.2, 0.25) is 5.91 Å². The lowest BCUT2D eigenvalue weighted by atomic mass is 10.2. The van der Waals surface area contributed by atoms with Gasteiger partial charge in [-0.3, -0.25) is 4.79 Å². The summed E-state index contributed by atoms with van der Waals surface area (Å²) >= 11 is 0. The molecule has 1 N–H and O–H groups in total. The maximum Gasteiger partial charge on any atom is 0.222 e. The number of nitrogens with zero attached hydrogens (tertiary/aromatic N) is 3. The van der Waals surface area contributed by atoms with Crippen LogP contribution in [0.25, 0.3) is 0 Å². The number of aromatic nitrogens is 2. The van der Waals surface area contributed by atoms with E-state index in [-0.39, 0.29) is 5.91 Å². The summed E-state index contributed by atoms with van der Waals surface area (Å²) in [4.78, 5) is 17.9. The number of carbonyl (C=O) groups excluding carboxylic acids is 1. The second kappa shape index (κ2) is 5.82. The van der Waals surface area contributed by atoms with Crippen molar-refractivity contribution in [3.8, 4) is 0 Å². The number of nitrogens with one attached hydrogen (secondary N) is 1. The van der Waals surface area contributed by atoms with Crippen LogP contribution in [0, 0.1) is 0 Å². The van der Waals surface area contributed by atoms with Crippen molar-refractivity contribution in [1.29, 1.82) is 0 Å². The maximum atomic E-state index is 11.9. The predicted octanol–water partition coefficient (Wildman–Crippen LogP) is 0.484. The lowest BCUT2D eigenvalue weighted by Gasteiger charge is -2.32. The number of hydrogen-bond donors (Lipinski definition) is 1. The molecular formula is C12H20N4O. The quantitative estimate of drug-likeness (QED) is 0.827. The number of imidazole rings is 1. The van der Waals surface area contributed by atoms with Crippen LogP contribution in [0.4, 0.5) is 0 Å². The molecule has 1 fully saturated rings. The summed E-state index contributed by atoms with van der Waals surface area (Å²) < 4.78 is 2.01. The Morgan fingerprint density at radius 1 is 1.59 bits per heavy atom. The molecule has 0 spiro atoms. The zero-order valence-corrected chi connectivity index (χ0v) is 10.3. The average Bonchev–Trinajstić information content (AvgIpc) is 2.82. The molecule has 0 bridgehead atoms. The summed E-state index contributed by atoms with van der Waals surface area (Å²) in [5.74, 6) is 0.276. The first kappa shape index (κ1) is 12.1. The van der Waals surface area contributed by atoms with Crippen LogP contribution in [0.15, 0.2) is 18.7 Å². The Morgan fingerprint density at radius 3 is 3.18 bits per heavy atom. The molecule has 94 valence electrons. The summed E-state index contributed by atoms with van der Waals surface area (Å²) in [6.45, 7) is 5.57. The minimum Gasteiger partial charge on any atom is -0.340 e. The van der Waals surface area contributed by atoms with Gasteiger partial charge in [-0.25, -0.2) is 4.98 Å². The van der Waals surface area contributed by atoms with Gasteiger partial charge in [-0.15, -0.1) is 0 Å². The Hall–Kier alpha value is -1.36. The Morgan fingerprint density at radius 2 is 2.47 bits per heavy atom. The van der Waals surface area contributed by atoms with Gasteiger partial charge in [0.15, 0.2) is 0 Å². The van der Waals surface area contributed by atoms with Crippen molar-refractivity contribution in [2.75, 3.05) is 19.6 Å². The fourth-order valence-corrected chi connectivity index (χ4v) is 2.15. The average molecular weight is 236 g/mol. The highest BCUT2D eigenvalue weighted by molar-refractivity contribution is 5.76. The fourth-order valence-electron chi connectivity index (χ4n) is 2.15. The smallest absolute Gasteiger partial charge is 0.222 e. The summed E-state index contributed by atoms with van der Waals surface area (Å²) in [5, 5.41) is 3.34. The summed E-state index contributed by atoms with van der Waals surface area (Å²) in [5.41, 5.74) is 0. The third-order valence-corrected chi connectivity index (χ3v) is 3.09. The van der Waals surface area contributed by atoms with Gasteiger partial charge in [-0.05, 0) is 13.3 Å². The van der Waals surface area contributed by atoms with E-state index in [0.29, 0.717) is 12.5 Å².